The fraction of sp³-hybridized carbons (Fsp3) is 0.458. The standard InChI is InChI=1S/C24H29N5O/c25-21-6-4-14-28(21)22(30)15-26-23-16-24(11-3-5-20(23)29(24)17-23)18-7-9-19(10-8-18)27-12-1-2-13-27/h1-3,5,7-10,12-13,20-21,26H,4,6,11,14-17,25H2/t20?,21-,23?,24?/m0/s1. The van der Waals surface area contributed by atoms with Gasteiger partial charge >= 0.3 is 0 Å². The van der Waals surface area contributed by atoms with Crippen LogP contribution in [0.3, 0.4) is 0 Å². The monoisotopic (exact) mass is 403 g/mol. The molecule has 1 aromatic carbocycles. The Morgan fingerprint density at radius 3 is 2.73 bits per heavy atom. The van der Waals surface area contributed by atoms with E-state index < -0.39 is 0 Å². The number of carbonyl (C=O) groups is 1. The van der Waals surface area contributed by atoms with Crippen molar-refractivity contribution in [3.8, 4) is 5.69 Å². The van der Waals surface area contributed by atoms with Crippen LogP contribution in [0.25, 0.3) is 5.69 Å². The highest BCUT2D eigenvalue weighted by Crippen LogP contribution is 2.59. The maximum atomic E-state index is 12.7. The third kappa shape index (κ3) is 2.51. The van der Waals surface area contributed by atoms with E-state index in [4.69, 9.17) is 5.73 Å². The molecule has 0 radical (unpaired) electrons. The zero-order valence-corrected chi connectivity index (χ0v) is 17.2. The van der Waals surface area contributed by atoms with Crippen LogP contribution >= 0.6 is 0 Å². The van der Waals surface area contributed by atoms with Gasteiger partial charge in [0.25, 0.3) is 0 Å². The average molecular weight is 404 g/mol. The van der Waals surface area contributed by atoms with Gasteiger partial charge in [0.1, 0.15) is 0 Å². The van der Waals surface area contributed by atoms with Crippen LogP contribution in [0.5, 0.6) is 0 Å². The maximum Gasteiger partial charge on any atom is 0.237 e. The van der Waals surface area contributed by atoms with Crippen LogP contribution in [-0.2, 0) is 10.3 Å². The van der Waals surface area contributed by atoms with Gasteiger partial charge in [-0.15, -0.1) is 0 Å². The lowest BCUT2D eigenvalue weighted by molar-refractivity contribution is -0.131. The van der Waals surface area contributed by atoms with E-state index >= 15 is 0 Å². The second-order valence-electron chi connectivity index (χ2n) is 9.36. The lowest BCUT2D eigenvalue weighted by Gasteiger charge is -2.52. The predicted octanol–water partition coefficient (Wildman–Crippen LogP) is 1.96. The summed E-state index contributed by atoms with van der Waals surface area (Å²) in [5.41, 5.74) is 8.68. The van der Waals surface area contributed by atoms with Gasteiger partial charge in [-0.25, -0.2) is 0 Å². The van der Waals surface area contributed by atoms with Gasteiger partial charge < -0.3 is 15.2 Å². The minimum atomic E-state index is -0.109. The number of benzene rings is 1. The van der Waals surface area contributed by atoms with Gasteiger partial charge in [-0.2, -0.15) is 0 Å². The first-order chi connectivity index (χ1) is 14.6. The Balaban J connectivity index is 1.21. The largest absolute Gasteiger partial charge is 0.326 e. The molecule has 1 aromatic heterocycles. The summed E-state index contributed by atoms with van der Waals surface area (Å²) >= 11 is 0. The van der Waals surface area contributed by atoms with Gasteiger partial charge in [0.2, 0.25) is 5.91 Å². The Bertz CT molecular complexity index is 984. The first-order valence-electron chi connectivity index (χ1n) is 11.1. The van der Waals surface area contributed by atoms with Gasteiger partial charge in [-0.3, -0.25) is 15.0 Å². The molecule has 6 nitrogen and oxygen atoms in total. The van der Waals surface area contributed by atoms with Crippen molar-refractivity contribution in [3.63, 3.8) is 0 Å². The number of nitrogens with one attached hydrogen (secondary N) is 1. The van der Waals surface area contributed by atoms with E-state index in [1.165, 1.54) is 11.3 Å². The number of carbonyl (C=O) groups excluding carboxylic acids is 1. The zero-order valence-electron chi connectivity index (χ0n) is 17.2. The highest BCUT2D eigenvalue weighted by Gasteiger charge is 2.69. The van der Waals surface area contributed by atoms with Crippen LogP contribution in [0.2, 0.25) is 0 Å². The number of nitrogens with two attached hydrogens (primary N) is 1. The zero-order chi connectivity index (χ0) is 20.3. The molecule has 4 saturated heterocycles. The van der Waals surface area contributed by atoms with Crippen LogP contribution < -0.4 is 11.1 Å². The summed E-state index contributed by atoms with van der Waals surface area (Å²) in [7, 11) is 0. The number of aromatic nitrogens is 1. The van der Waals surface area contributed by atoms with Crippen LogP contribution in [-0.4, -0.2) is 57.7 Å². The van der Waals surface area contributed by atoms with E-state index in [0.29, 0.717) is 12.6 Å². The first-order valence-corrected chi connectivity index (χ1v) is 11.1. The summed E-state index contributed by atoms with van der Waals surface area (Å²) < 4.78 is 2.14. The minimum absolute atomic E-state index is 0.00835. The molecule has 4 bridgehead atoms. The van der Waals surface area contributed by atoms with Crippen molar-refractivity contribution in [1.29, 1.82) is 0 Å². The third-order valence-electron chi connectivity index (χ3n) is 7.80. The van der Waals surface area contributed by atoms with Gasteiger partial charge in [0.05, 0.1) is 23.8 Å². The van der Waals surface area contributed by atoms with Crippen molar-refractivity contribution in [2.45, 2.75) is 49.0 Å². The Morgan fingerprint density at radius 2 is 2.00 bits per heavy atom. The topological polar surface area (TPSA) is 66.5 Å². The predicted molar refractivity (Wildman–Crippen MR) is 116 cm³/mol. The fourth-order valence-electron chi connectivity index (χ4n) is 6.27. The molecule has 4 unspecified atom stereocenters. The second kappa shape index (κ2) is 6.54. The number of likely N-dealkylation sites (tertiary alicyclic amines) is 1. The summed E-state index contributed by atoms with van der Waals surface area (Å²) in [6, 6.07) is 13.5. The summed E-state index contributed by atoms with van der Waals surface area (Å²) in [6.07, 6.45) is 12.7. The molecule has 2 aromatic rings. The Hall–Kier alpha value is -2.41. The quantitative estimate of drug-likeness (QED) is 0.749. The number of nitrogens with zero attached hydrogens (tertiary/aromatic N) is 3. The Morgan fingerprint density at radius 1 is 1.20 bits per heavy atom. The second-order valence-corrected chi connectivity index (χ2v) is 9.36. The van der Waals surface area contributed by atoms with Crippen molar-refractivity contribution >= 4 is 5.91 Å². The number of hydrogen-bond acceptors (Lipinski definition) is 4. The molecule has 5 atom stereocenters. The summed E-state index contributed by atoms with van der Waals surface area (Å²) in [5, 5.41) is 3.68. The molecule has 7 rings (SSSR count). The number of rotatable bonds is 5. The molecule has 156 valence electrons. The molecule has 5 aliphatic rings. The smallest absolute Gasteiger partial charge is 0.237 e. The molecule has 30 heavy (non-hydrogen) atoms. The fourth-order valence-corrected chi connectivity index (χ4v) is 6.27. The molecular formula is C24H29N5O. The van der Waals surface area contributed by atoms with E-state index in [1.54, 1.807) is 0 Å². The van der Waals surface area contributed by atoms with Crippen LogP contribution in [0.15, 0.2) is 60.9 Å². The van der Waals surface area contributed by atoms with Crippen LogP contribution in [0, 0.1) is 0 Å². The lowest BCUT2D eigenvalue weighted by Crippen LogP contribution is -2.70. The molecule has 4 fully saturated rings. The van der Waals surface area contributed by atoms with E-state index in [2.05, 4.69) is 63.6 Å². The van der Waals surface area contributed by atoms with Crippen LogP contribution in [0.4, 0.5) is 0 Å². The molecule has 6 heteroatoms. The number of amides is 1. The molecule has 3 N–H and O–H groups in total. The molecule has 6 heterocycles. The van der Waals surface area contributed by atoms with E-state index in [-0.39, 0.29) is 23.2 Å². The summed E-state index contributed by atoms with van der Waals surface area (Å²) in [5.74, 6) is 0.142. The van der Waals surface area contributed by atoms with Crippen molar-refractivity contribution < 1.29 is 4.79 Å². The minimum Gasteiger partial charge on any atom is -0.326 e. The van der Waals surface area contributed by atoms with Gasteiger partial charge in [-0.05, 0) is 55.5 Å². The lowest BCUT2D eigenvalue weighted by atomic mass is 9.83. The van der Waals surface area contributed by atoms with Gasteiger partial charge in [0, 0.05) is 37.2 Å². The van der Waals surface area contributed by atoms with Crippen molar-refractivity contribution in [2.24, 2.45) is 5.73 Å². The van der Waals surface area contributed by atoms with Crippen LogP contribution in [0.1, 0.15) is 31.2 Å². The van der Waals surface area contributed by atoms with E-state index in [0.717, 1.165) is 38.8 Å². The highest BCUT2D eigenvalue weighted by atomic mass is 16.2. The molecule has 1 amide bonds. The third-order valence-corrected chi connectivity index (χ3v) is 7.80. The van der Waals surface area contributed by atoms with Crippen molar-refractivity contribution in [2.75, 3.05) is 19.6 Å². The summed E-state index contributed by atoms with van der Waals surface area (Å²) in [6.45, 7) is 2.18. The average Bonchev–Trinajstić information content (AvgIpc) is 3.51. The van der Waals surface area contributed by atoms with Gasteiger partial charge in [-0.1, -0.05) is 24.3 Å². The molecule has 0 spiro atoms. The first kappa shape index (κ1) is 18.4. The molecule has 5 aliphatic heterocycles. The molecule has 0 aliphatic carbocycles. The molecular weight excluding hydrogens is 374 g/mol. The normalized spacial score (nSPS) is 36.2. The SMILES string of the molecule is N[C@@H]1CCCN1C(=O)CNC12CN3C1C=CCC3(c1ccc(-n3cccc3)cc1)C2. The van der Waals surface area contributed by atoms with Crippen molar-refractivity contribution in [3.05, 3.63) is 66.5 Å². The summed E-state index contributed by atoms with van der Waals surface area (Å²) in [4.78, 5) is 17.2. The Labute approximate surface area is 177 Å². The van der Waals surface area contributed by atoms with Crippen molar-refractivity contribution in [1.82, 2.24) is 19.7 Å². The van der Waals surface area contributed by atoms with Gasteiger partial charge in [0.15, 0.2) is 0 Å². The Kier molecular flexibility index (Phi) is 4.01. The highest BCUT2D eigenvalue weighted by molar-refractivity contribution is 5.79. The number of hydrogen-bond donors (Lipinski definition) is 2. The maximum absolute atomic E-state index is 12.7. The van der Waals surface area contributed by atoms with E-state index in [1.807, 2.05) is 17.0 Å². The van der Waals surface area contributed by atoms with E-state index in [9.17, 15) is 4.79 Å². The molecule has 0 saturated carbocycles.